The standard InChI is InChI=1S/C14H16ClNO3/c1-14(2)8-12(11(9-15)16-19-14)18-13(17)10-6-4-3-5-7-10/h3-7,12H,8-9H2,1-2H3. The third-order valence-electron chi connectivity index (χ3n) is 2.85. The molecule has 19 heavy (non-hydrogen) atoms. The molecule has 1 aliphatic heterocycles. The van der Waals surface area contributed by atoms with Gasteiger partial charge in [-0.2, -0.15) is 0 Å². The summed E-state index contributed by atoms with van der Waals surface area (Å²) >= 11 is 5.80. The first-order valence-corrected chi connectivity index (χ1v) is 6.62. The molecule has 0 saturated heterocycles. The Bertz CT molecular complexity index is 485. The van der Waals surface area contributed by atoms with Gasteiger partial charge in [0.1, 0.15) is 17.4 Å². The number of carbonyl (C=O) groups is 1. The average molecular weight is 282 g/mol. The van der Waals surface area contributed by atoms with Crippen LogP contribution in [0.5, 0.6) is 0 Å². The second kappa shape index (κ2) is 5.61. The number of hydrogen-bond donors (Lipinski definition) is 0. The highest BCUT2D eigenvalue weighted by atomic mass is 35.5. The largest absolute Gasteiger partial charge is 0.452 e. The predicted octanol–water partition coefficient (Wildman–Crippen LogP) is 3.01. The summed E-state index contributed by atoms with van der Waals surface area (Å²) < 4.78 is 5.48. The molecule has 1 aromatic rings. The summed E-state index contributed by atoms with van der Waals surface area (Å²) in [7, 11) is 0. The van der Waals surface area contributed by atoms with Crippen molar-refractivity contribution in [2.45, 2.75) is 32.0 Å². The van der Waals surface area contributed by atoms with Gasteiger partial charge < -0.3 is 9.57 Å². The van der Waals surface area contributed by atoms with Crippen molar-refractivity contribution in [3.63, 3.8) is 0 Å². The van der Waals surface area contributed by atoms with Gasteiger partial charge in [0.15, 0.2) is 0 Å². The molecular weight excluding hydrogens is 266 g/mol. The first-order valence-electron chi connectivity index (χ1n) is 6.09. The van der Waals surface area contributed by atoms with E-state index in [1.807, 2.05) is 19.9 Å². The molecular formula is C14H16ClNO3. The fraction of sp³-hybridized carbons (Fsp3) is 0.429. The van der Waals surface area contributed by atoms with Crippen molar-refractivity contribution in [3.8, 4) is 0 Å². The fourth-order valence-corrected chi connectivity index (χ4v) is 2.06. The first-order chi connectivity index (χ1) is 9.02. The number of benzene rings is 1. The van der Waals surface area contributed by atoms with Crippen molar-refractivity contribution < 1.29 is 14.4 Å². The summed E-state index contributed by atoms with van der Waals surface area (Å²) in [6.45, 7) is 3.79. The molecule has 0 saturated carbocycles. The maximum absolute atomic E-state index is 12.0. The summed E-state index contributed by atoms with van der Waals surface area (Å²) in [4.78, 5) is 17.3. The van der Waals surface area contributed by atoms with Crippen molar-refractivity contribution in [1.29, 1.82) is 0 Å². The van der Waals surface area contributed by atoms with Gasteiger partial charge in [-0.3, -0.25) is 0 Å². The van der Waals surface area contributed by atoms with Gasteiger partial charge >= 0.3 is 5.97 Å². The molecule has 0 bridgehead atoms. The molecule has 1 heterocycles. The number of carbonyl (C=O) groups excluding carboxylic acids is 1. The highest BCUT2D eigenvalue weighted by molar-refractivity contribution is 6.29. The van der Waals surface area contributed by atoms with Crippen LogP contribution in [0.4, 0.5) is 0 Å². The summed E-state index contributed by atoms with van der Waals surface area (Å²) in [6.07, 6.45) is 0.103. The van der Waals surface area contributed by atoms with Gasteiger partial charge in [-0.05, 0) is 26.0 Å². The number of rotatable bonds is 3. The zero-order valence-corrected chi connectivity index (χ0v) is 11.7. The Kier molecular flexibility index (Phi) is 4.10. The summed E-state index contributed by atoms with van der Waals surface area (Å²) in [5, 5.41) is 3.94. The lowest BCUT2D eigenvalue weighted by atomic mass is 9.97. The monoisotopic (exact) mass is 281 g/mol. The lowest BCUT2D eigenvalue weighted by Crippen LogP contribution is -2.41. The molecule has 1 aliphatic rings. The molecule has 1 unspecified atom stereocenters. The van der Waals surface area contributed by atoms with E-state index in [0.29, 0.717) is 17.7 Å². The van der Waals surface area contributed by atoms with Crippen molar-refractivity contribution in [3.05, 3.63) is 35.9 Å². The molecule has 1 atom stereocenters. The van der Waals surface area contributed by atoms with Crippen molar-refractivity contribution in [2.75, 3.05) is 5.88 Å². The maximum atomic E-state index is 12.0. The molecule has 0 radical (unpaired) electrons. The van der Waals surface area contributed by atoms with Crippen LogP contribution in [-0.4, -0.2) is 29.3 Å². The Labute approximate surface area is 117 Å². The molecule has 102 valence electrons. The van der Waals surface area contributed by atoms with E-state index in [9.17, 15) is 4.79 Å². The summed E-state index contributed by atoms with van der Waals surface area (Å²) in [5.74, 6) is -0.191. The zero-order valence-electron chi connectivity index (χ0n) is 10.9. The molecule has 0 amide bonds. The molecule has 0 aromatic heterocycles. The molecule has 0 spiro atoms. The number of alkyl halides is 1. The van der Waals surface area contributed by atoms with Crippen LogP contribution in [0.15, 0.2) is 35.5 Å². The predicted molar refractivity (Wildman–Crippen MR) is 73.6 cm³/mol. The van der Waals surface area contributed by atoms with Gasteiger partial charge in [-0.1, -0.05) is 23.4 Å². The van der Waals surface area contributed by atoms with E-state index < -0.39 is 11.7 Å². The van der Waals surface area contributed by atoms with Crippen LogP contribution in [0, 0.1) is 0 Å². The van der Waals surface area contributed by atoms with Crippen molar-refractivity contribution in [1.82, 2.24) is 0 Å². The minimum atomic E-state index is -0.461. The van der Waals surface area contributed by atoms with E-state index in [2.05, 4.69) is 5.16 Å². The fourth-order valence-electron chi connectivity index (χ4n) is 1.83. The van der Waals surface area contributed by atoms with Crippen LogP contribution < -0.4 is 0 Å². The normalized spacial score (nSPS) is 21.2. The van der Waals surface area contributed by atoms with Crippen LogP contribution in [0.3, 0.4) is 0 Å². The Morgan fingerprint density at radius 3 is 2.79 bits per heavy atom. The van der Waals surface area contributed by atoms with E-state index in [1.54, 1.807) is 24.3 Å². The maximum Gasteiger partial charge on any atom is 0.338 e. The number of esters is 1. The van der Waals surface area contributed by atoms with Gasteiger partial charge in [0.25, 0.3) is 0 Å². The minimum absolute atomic E-state index is 0.183. The topological polar surface area (TPSA) is 47.9 Å². The third kappa shape index (κ3) is 3.47. The van der Waals surface area contributed by atoms with E-state index in [-0.39, 0.29) is 11.8 Å². The lowest BCUT2D eigenvalue weighted by Gasteiger charge is -2.32. The highest BCUT2D eigenvalue weighted by Crippen LogP contribution is 2.25. The molecule has 4 nitrogen and oxygen atoms in total. The number of ether oxygens (including phenoxy) is 1. The number of oxime groups is 1. The third-order valence-corrected chi connectivity index (χ3v) is 3.13. The summed E-state index contributed by atoms with van der Waals surface area (Å²) in [6, 6.07) is 8.86. The second-order valence-corrected chi connectivity index (χ2v) is 5.30. The molecule has 0 N–H and O–H groups in total. The molecule has 0 aliphatic carbocycles. The van der Waals surface area contributed by atoms with Crippen LogP contribution in [0.2, 0.25) is 0 Å². The van der Waals surface area contributed by atoms with E-state index in [4.69, 9.17) is 21.2 Å². The van der Waals surface area contributed by atoms with Crippen LogP contribution >= 0.6 is 11.6 Å². The van der Waals surface area contributed by atoms with Gasteiger partial charge in [0.05, 0.1) is 11.4 Å². The van der Waals surface area contributed by atoms with Gasteiger partial charge in [0.2, 0.25) is 0 Å². The highest BCUT2D eigenvalue weighted by Gasteiger charge is 2.35. The van der Waals surface area contributed by atoms with Crippen LogP contribution in [0.25, 0.3) is 0 Å². The Morgan fingerprint density at radius 2 is 2.16 bits per heavy atom. The van der Waals surface area contributed by atoms with Crippen molar-refractivity contribution in [2.24, 2.45) is 5.16 Å². The van der Waals surface area contributed by atoms with Gasteiger partial charge in [-0.25, -0.2) is 4.79 Å². The molecule has 2 rings (SSSR count). The SMILES string of the molecule is CC1(C)CC(OC(=O)c2ccccc2)C(CCl)=NO1. The molecule has 0 fully saturated rings. The summed E-state index contributed by atoms with van der Waals surface area (Å²) in [5.41, 5.74) is 0.600. The van der Waals surface area contributed by atoms with Crippen molar-refractivity contribution >= 4 is 23.3 Å². The number of nitrogens with zero attached hydrogens (tertiary/aromatic N) is 1. The molecule has 5 heteroatoms. The minimum Gasteiger partial charge on any atom is -0.452 e. The molecule has 1 aromatic carbocycles. The number of halogens is 1. The Balaban J connectivity index is 2.11. The van der Waals surface area contributed by atoms with E-state index >= 15 is 0 Å². The van der Waals surface area contributed by atoms with E-state index in [1.165, 1.54) is 0 Å². The second-order valence-electron chi connectivity index (χ2n) is 5.03. The average Bonchev–Trinajstić information content (AvgIpc) is 2.39. The lowest BCUT2D eigenvalue weighted by molar-refractivity contribution is -0.0589. The Morgan fingerprint density at radius 1 is 1.47 bits per heavy atom. The number of hydrogen-bond acceptors (Lipinski definition) is 4. The van der Waals surface area contributed by atoms with E-state index in [0.717, 1.165) is 0 Å². The van der Waals surface area contributed by atoms with Crippen LogP contribution in [0.1, 0.15) is 30.6 Å². The van der Waals surface area contributed by atoms with Gasteiger partial charge in [-0.15, -0.1) is 11.6 Å². The Hall–Kier alpha value is -1.55. The first kappa shape index (κ1) is 13.9. The van der Waals surface area contributed by atoms with Crippen LogP contribution in [-0.2, 0) is 9.57 Å². The zero-order chi connectivity index (χ0) is 13.9. The smallest absolute Gasteiger partial charge is 0.338 e. The quantitative estimate of drug-likeness (QED) is 0.632. The van der Waals surface area contributed by atoms with Gasteiger partial charge in [0, 0.05) is 6.42 Å².